The molecular weight excluding hydrogens is 216 g/mol. The number of hydrogen-bond acceptors (Lipinski definition) is 3. The van der Waals surface area contributed by atoms with Crippen molar-refractivity contribution in [3.05, 3.63) is 36.1 Å². The number of hydrogen-bond donors (Lipinski definition) is 0. The van der Waals surface area contributed by atoms with Crippen LogP contribution in [0.3, 0.4) is 0 Å². The van der Waals surface area contributed by atoms with E-state index in [0.29, 0.717) is 6.61 Å². The van der Waals surface area contributed by atoms with Gasteiger partial charge in [0, 0.05) is 5.56 Å². The first kappa shape index (κ1) is 10.4. The Morgan fingerprint density at radius 3 is 2.94 bits per heavy atom. The molecule has 2 heterocycles. The minimum Gasteiger partial charge on any atom is -0.496 e. The molecule has 3 rings (SSSR count). The zero-order valence-electron chi connectivity index (χ0n) is 9.73. The summed E-state index contributed by atoms with van der Waals surface area (Å²) in [7, 11) is 1.68. The monoisotopic (exact) mass is 230 g/mol. The molecule has 1 aliphatic rings. The second-order valence-corrected chi connectivity index (χ2v) is 4.03. The molecule has 0 fully saturated rings. The van der Waals surface area contributed by atoms with Crippen molar-refractivity contribution in [1.82, 2.24) is 0 Å². The van der Waals surface area contributed by atoms with Crippen molar-refractivity contribution >= 4 is 16.5 Å². The maximum atomic E-state index is 5.58. The third-order valence-electron chi connectivity index (χ3n) is 3.11. The summed E-state index contributed by atoms with van der Waals surface area (Å²) in [6.45, 7) is 1.46. The van der Waals surface area contributed by atoms with Crippen LogP contribution in [0.15, 0.2) is 35.0 Å². The average Bonchev–Trinajstić information content (AvgIpc) is 2.88. The van der Waals surface area contributed by atoms with Gasteiger partial charge in [-0.05, 0) is 30.2 Å². The van der Waals surface area contributed by atoms with E-state index in [1.54, 1.807) is 13.4 Å². The molecule has 3 heteroatoms. The first-order valence-electron chi connectivity index (χ1n) is 5.71. The van der Waals surface area contributed by atoms with Gasteiger partial charge in [0.15, 0.2) is 0 Å². The lowest BCUT2D eigenvalue weighted by Gasteiger charge is -2.14. The highest BCUT2D eigenvalue weighted by Crippen LogP contribution is 2.34. The number of rotatable bonds is 2. The van der Waals surface area contributed by atoms with E-state index in [1.807, 2.05) is 12.1 Å². The summed E-state index contributed by atoms with van der Waals surface area (Å²) in [5.74, 6) is 0.852. The Morgan fingerprint density at radius 1 is 1.24 bits per heavy atom. The van der Waals surface area contributed by atoms with Crippen molar-refractivity contribution in [3.63, 3.8) is 0 Å². The van der Waals surface area contributed by atoms with Gasteiger partial charge in [0.2, 0.25) is 0 Å². The molecule has 2 aromatic rings. The molecule has 1 aliphatic heterocycles. The SMILES string of the molecule is COc1ccc(C2=CCOCC2)c2occc12. The molecule has 0 unspecified atom stereocenters. The molecule has 0 aliphatic carbocycles. The predicted octanol–water partition coefficient (Wildman–Crippen LogP) is 3.25. The molecule has 0 amide bonds. The molecular formula is C14H14O3. The zero-order chi connectivity index (χ0) is 11.7. The van der Waals surface area contributed by atoms with Crippen molar-refractivity contribution in [2.24, 2.45) is 0 Å². The Morgan fingerprint density at radius 2 is 2.18 bits per heavy atom. The predicted molar refractivity (Wildman–Crippen MR) is 66.2 cm³/mol. The van der Waals surface area contributed by atoms with Crippen molar-refractivity contribution in [2.75, 3.05) is 20.3 Å². The minimum atomic E-state index is 0.684. The smallest absolute Gasteiger partial charge is 0.145 e. The van der Waals surface area contributed by atoms with E-state index in [9.17, 15) is 0 Å². The molecule has 0 radical (unpaired) electrons. The van der Waals surface area contributed by atoms with Crippen molar-refractivity contribution in [3.8, 4) is 5.75 Å². The average molecular weight is 230 g/mol. The molecule has 0 bridgehead atoms. The first-order valence-corrected chi connectivity index (χ1v) is 5.71. The third-order valence-corrected chi connectivity index (χ3v) is 3.11. The van der Waals surface area contributed by atoms with Crippen LogP contribution in [0, 0.1) is 0 Å². The highest BCUT2D eigenvalue weighted by molar-refractivity contribution is 5.93. The van der Waals surface area contributed by atoms with Crippen LogP contribution in [-0.4, -0.2) is 20.3 Å². The van der Waals surface area contributed by atoms with Gasteiger partial charge in [0.1, 0.15) is 11.3 Å². The first-order chi connectivity index (χ1) is 8.40. The Bertz CT molecular complexity index is 566. The lowest BCUT2D eigenvalue weighted by Crippen LogP contribution is -2.03. The molecule has 0 saturated heterocycles. The van der Waals surface area contributed by atoms with E-state index in [2.05, 4.69) is 12.1 Å². The molecule has 1 aromatic heterocycles. The van der Waals surface area contributed by atoms with Crippen LogP contribution in [0.1, 0.15) is 12.0 Å². The Hall–Kier alpha value is -1.74. The maximum absolute atomic E-state index is 5.58. The van der Waals surface area contributed by atoms with Gasteiger partial charge in [-0.2, -0.15) is 0 Å². The van der Waals surface area contributed by atoms with Crippen LogP contribution in [-0.2, 0) is 4.74 Å². The van der Waals surface area contributed by atoms with Gasteiger partial charge in [-0.25, -0.2) is 0 Å². The van der Waals surface area contributed by atoms with E-state index >= 15 is 0 Å². The number of methoxy groups -OCH3 is 1. The number of furan rings is 1. The molecule has 88 valence electrons. The normalized spacial score (nSPS) is 15.9. The molecule has 3 nitrogen and oxygen atoms in total. The number of fused-ring (bicyclic) bond motifs is 1. The Labute approximate surface area is 99.6 Å². The molecule has 0 atom stereocenters. The van der Waals surface area contributed by atoms with Crippen LogP contribution in [0.2, 0.25) is 0 Å². The Kier molecular flexibility index (Phi) is 2.61. The summed E-state index contributed by atoms with van der Waals surface area (Å²) >= 11 is 0. The number of ether oxygens (including phenoxy) is 2. The molecule has 0 N–H and O–H groups in total. The van der Waals surface area contributed by atoms with Crippen LogP contribution in [0.5, 0.6) is 5.75 Å². The lowest BCUT2D eigenvalue weighted by molar-refractivity contribution is 0.161. The molecule has 17 heavy (non-hydrogen) atoms. The summed E-state index contributed by atoms with van der Waals surface area (Å²) in [6, 6.07) is 5.99. The fourth-order valence-electron chi connectivity index (χ4n) is 2.24. The van der Waals surface area contributed by atoms with Gasteiger partial charge in [0.05, 0.1) is 32.0 Å². The molecule has 0 spiro atoms. The number of benzene rings is 1. The van der Waals surface area contributed by atoms with Gasteiger partial charge < -0.3 is 13.9 Å². The maximum Gasteiger partial charge on any atom is 0.145 e. The highest BCUT2D eigenvalue weighted by Gasteiger charge is 2.14. The summed E-state index contributed by atoms with van der Waals surface area (Å²) in [4.78, 5) is 0. The summed E-state index contributed by atoms with van der Waals surface area (Å²) in [6.07, 6.45) is 4.76. The zero-order valence-corrected chi connectivity index (χ0v) is 9.73. The van der Waals surface area contributed by atoms with Gasteiger partial charge in [-0.1, -0.05) is 6.08 Å². The van der Waals surface area contributed by atoms with E-state index < -0.39 is 0 Å². The highest BCUT2D eigenvalue weighted by atomic mass is 16.5. The summed E-state index contributed by atoms with van der Waals surface area (Å²) < 4.78 is 16.2. The van der Waals surface area contributed by atoms with Gasteiger partial charge in [-0.3, -0.25) is 0 Å². The van der Waals surface area contributed by atoms with Gasteiger partial charge >= 0.3 is 0 Å². The van der Waals surface area contributed by atoms with Crippen LogP contribution in [0.25, 0.3) is 16.5 Å². The topological polar surface area (TPSA) is 31.6 Å². The quantitative estimate of drug-likeness (QED) is 0.793. The molecule has 0 saturated carbocycles. The van der Waals surface area contributed by atoms with Crippen molar-refractivity contribution in [2.45, 2.75) is 6.42 Å². The second-order valence-electron chi connectivity index (χ2n) is 4.03. The fraction of sp³-hybridized carbons (Fsp3) is 0.286. The standard InChI is InChI=1S/C14H14O3/c1-15-13-3-2-11(10-4-7-16-8-5-10)14-12(13)6-9-17-14/h2-4,6,9H,5,7-8H2,1H3. The minimum absolute atomic E-state index is 0.684. The summed E-state index contributed by atoms with van der Waals surface area (Å²) in [5.41, 5.74) is 3.34. The fourth-order valence-corrected chi connectivity index (χ4v) is 2.24. The lowest BCUT2D eigenvalue weighted by atomic mass is 9.99. The van der Waals surface area contributed by atoms with Crippen LogP contribution in [0.4, 0.5) is 0 Å². The van der Waals surface area contributed by atoms with E-state index in [4.69, 9.17) is 13.9 Å². The van der Waals surface area contributed by atoms with Crippen molar-refractivity contribution in [1.29, 1.82) is 0 Å². The van der Waals surface area contributed by atoms with E-state index in [1.165, 1.54) is 5.57 Å². The van der Waals surface area contributed by atoms with Crippen LogP contribution < -0.4 is 4.74 Å². The van der Waals surface area contributed by atoms with E-state index in [-0.39, 0.29) is 0 Å². The summed E-state index contributed by atoms with van der Waals surface area (Å²) in [5, 5.41) is 1.03. The molecule has 1 aromatic carbocycles. The van der Waals surface area contributed by atoms with Crippen LogP contribution >= 0.6 is 0 Å². The van der Waals surface area contributed by atoms with E-state index in [0.717, 1.165) is 35.3 Å². The third kappa shape index (κ3) is 1.72. The van der Waals surface area contributed by atoms with Crippen molar-refractivity contribution < 1.29 is 13.9 Å². The Balaban J connectivity index is 2.17. The van der Waals surface area contributed by atoms with Gasteiger partial charge in [0.25, 0.3) is 0 Å². The van der Waals surface area contributed by atoms with Gasteiger partial charge in [-0.15, -0.1) is 0 Å². The second kappa shape index (κ2) is 4.26. The largest absolute Gasteiger partial charge is 0.496 e.